The third kappa shape index (κ3) is 3.29. The Hall–Kier alpha value is -1.17. The van der Waals surface area contributed by atoms with Crippen LogP contribution in [0.4, 0.5) is 0 Å². The van der Waals surface area contributed by atoms with Gasteiger partial charge in [0.15, 0.2) is 0 Å². The van der Waals surface area contributed by atoms with Crippen LogP contribution in [-0.4, -0.2) is 16.1 Å². The van der Waals surface area contributed by atoms with Gasteiger partial charge in [-0.2, -0.15) is 0 Å². The van der Waals surface area contributed by atoms with E-state index >= 15 is 0 Å². The molecule has 12 heavy (non-hydrogen) atoms. The molecule has 0 spiro atoms. The number of rotatable bonds is 1. The fourth-order valence-corrected chi connectivity index (χ4v) is 0.709. The van der Waals surface area contributed by atoms with Crippen LogP contribution in [0.25, 0.3) is 0 Å². The normalized spacial score (nSPS) is 8.25. The number of hydrogen-bond donors (Lipinski definition) is 3. The molecule has 0 unspecified atom stereocenters. The summed E-state index contributed by atoms with van der Waals surface area (Å²) in [4.78, 5) is 13.9. The summed E-state index contributed by atoms with van der Waals surface area (Å²) in [6.07, 6.45) is 1.35. The number of carboxylic acid groups (broad SMARTS) is 1. The first kappa shape index (κ1) is 10.8. The van der Waals surface area contributed by atoms with Crippen molar-refractivity contribution >= 4 is 17.6 Å². The second kappa shape index (κ2) is 5.48. The largest absolute Gasteiger partial charge is 0.478 e. The molecule has 0 bridgehead atoms. The van der Waals surface area contributed by atoms with Gasteiger partial charge < -0.3 is 5.11 Å². The molecule has 5 N–H and O–H groups in total. The molecule has 1 heterocycles. The van der Waals surface area contributed by atoms with E-state index in [1.807, 2.05) is 0 Å². The van der Waals surface area contributed by atoms with Gasteiger partial charge in [-0.15, -0.1) is 0 Å². The van der Waals surface area contributed by atoms with Crippen LogP contribution in [0.3, 0.4) is 0 Å². The lowest BCUT2D eigenvalue weighted by Crippen LogP contribution is -2.02. The first-order valence-electron chi connectivity index (χ1n) is 2.88. The molecule has 0 amide bonds. The number of hydrogen-bond acceptors (Lipinski definition) is 4. The van der Waals surface area contributed by atoms with Crippen molar-refractivity contribution in [2.75, 3.05) is 0 Å². The van der Waals surface area contributed by atoms with E-state index in [4.69, 9.17) is 16.7 Å². The number of nitrogens with zero attached hydrogens (tertiary/aromatic N) is 1. The van der Waals surface area contributed by atoms with Crippen molar-refractivity contribution in [2.45, 2.75) is 0 Å². The van der Waals surface area contributed by atoms with Crippen LogP contribution in [0.15, 0.2) is 18.3 Å². The quantitative estimate of drug-likeness (QED) is 0.334. The molecule has 0 aliphatic heterocycles. The minimum Gasteiger partial charge on any atom is -0.478 e. The van der Waals surface area contributed by atoms with Crippen LogP contribution in [0, 0.1) is 0 Å². The molecule has 0 saturated heterocycles. The Morgan fingerprint density at radius 2 is 2.17 bits per heavy atom. The predicted octanol–water partition coefficient (Wildman–Crippen LogP) is 0.252. The highest BCUT2D eigenvalue weighted by molar-refractivity contribution is 6.29. The molecular formula is C6H8ClN3O2. The molecule has 1 aromatic rings. The molecular weight excluding hydrogens is 182 g/mol. The van der Waals surface area contributed by atoms with E-state index in [0.717, 1.165) is 0 Å². The highest BCUT2D eigenvalue weighted by atomic mass is 35.5. The molecule has 0 aliphatic rings. The van der Waals surface area contributed by atoms with Gasteiger partial charge in [-0.05, 0) is 12.1 Å². The molecule has 0 fully saturated rings. The van der Waals surface area contributed by atoms with Crippen LogP contribution < -0.4 is 11.7 Å². The summed E-state index contributed by atoms with van der Waals surface area (Å²) in [5, 5.41) is 8.62. The number of hydrazine groups is 1. The van der Waals surface area contributed by atoms with Gasteiger partial charge in [-0.3, -0.25) is 11.7 Å². The Labute approximate surface area is 73.9 Å². The maximum atomic E-state index is 10.3. The van der Waals surface area contributed by atoms with Gasteiger partial charge in [0.1, 0.15) is 5.15 Å². The summed E-state index contributed by atoms with van der Waals surface area (Å²) in [5.74, 6) is 7.00. The minimum absolute atomic E-state index is 0.153. The predicted molar refractivity (Wildman–Crippen MR) is 44.6 cm³/mol. The summed E-state index contributed by atoms with van der Waals surface area (Å²) in [6, 6.07) is 2.68. The topological polar surface area (TPSA) is 102 Å². The van der Waals surface area contributed by atoms with Gasteiger partial charge in [0.2, 0.25) is 0 Å². The smallest absolute Gasteiger partial charge is 0.335 e. The van der Waals surface area contributed by atoms with Crippen molar-refractivity contribution < 1.29 is 9.90 Å². The fourth-order valence-electron chi connectivity index (χ4n) is 0.535. The molecule has 1 aromatic heterocycles. The average molecular weight is 190 g/mol. The van der Waals surface area contributed by atoms with E-state index < -0.39 is 5.97 Å². The molecule has 0 saturated carbocycles. The summed E-state index contributed by atoms with van der Waals surface area (Å²) < 4.78 is 0. The third-order valence-electron chi connectivity index (χ3n) is 0.974. The van der Waals surface area contributed by atoms with Crippen molar-refractivity contribution in [3.8, 4) is 0 Å². The van der Waals surface area contributed by atoms with Crippen LogP contribution >= 0.6 is 11.6 Å². The van der Waals surface area contributed by atoms with Crippen molar-refractivity contribution in [2.24, 2.45) is 11.7 Å². The lowest BCUT2D eigenvalue weighted by atomic mass is 10.3. The van der Waals surface area contributed by atoms with Crippen molar-refractivity contribution in [3.63, 3.8) is 0 Å². The van der Waals surface area contributed by atoms with Gasteiger partial charge in [0, 0.05) is 6.20 Å². The fraction of sp³-hybridized carbons (Fsp3) is 0. The Bertz CT molecular complexity index is 267. The van der Waals surface area contributed by atoms with Crippen LogP contribution in [0.1, 0.15) is 10.4 Å². The maximum Gasteiger partial charge on any atom is 0.335 e. The van der Waals surface area contributed by atoms with E-state index in [2.05, 4.69) is 16.7 Å². The van der Waals surface area contributed by atoms with E-state index in [1.165, 1.54) is 18.3 Å². The Morgan fingerprint density at radius 3 is 2.50 bits per heavy atom. The second-order valence-corrected chi connectivity index (χ2v) is 2.06. The van der Waals surface area contributed by atoms with E-state index in [9.17, 15) is 4.79 Å². The van der Waals surface area contributed by atoms with Gasteiger partial charge in [-0.1, -0.05) is 11.6 Å². The van der Waals surface area contributed by atoms with Crippen LogP contribution in [0.2, 0.25) is 5.15 Å². The molecule has 66 valence electrons. The zero-order valence-electron chi connectivity index (χ0n) is 6.07. The molecule has 1 rings (SSSR count). The number of aromatic nitrogens is 1. The van der Waals surface area contributed by atoms with Crippen molar-refractivity contribution in [1.82, 2.24) is 4.98 Å². The lowest BCUT2D eigenvalue weighted by molar-refractivity contribution is 0.0697. The molecule has 0 aromatic carbocycles. The molecule has 0 radical (unpaired) electrons. The Balaban J connectivity index is 0.000000561. The van der Waals surface area contributed by atoms with Gasteiger partial charge in [-0.25, -0.2) is 9.78 Å². The number of aromatic carboxylic acids is 1. The van der Waals surface area contributed by atoms with Crippen molar-refractivity contribution in [3.05, 3.63) is 29.0 Å². The molecule has 6 heteroatoms. The lowest BCUT2D eigenvalue weighted by Gasteiger charge is -1.91. The molecule has 0 atom stereocenters. The third-order valence-corrected chi connectivity index (χ3v) is 1.18. The zero-order chi connectivity index (χ0) is 9.56. The SMILES string of the molecule is NN.O=C(O)c1ccnc(Cl)c1. The average Bonchev–Trinajstić information content (AvgIpc) is 2.08. The Morgan fingerprint density at radius 1 is 1.58 bits per heavy atom. The summed E-state index contributed by atoms with van der Waals surface area (Å²) in [5.41, 5.74) is 0.153. The summed E-state index contributed by atoms with van der Waals surface area (Å²) in [6.45, 7) is 0. The first-order valence-corrected chi connectivity index (χ1v) is 3.26. The standard InChI is InChI=1S/C6H4ClNO2.H4N2/c7-5-3-4(6(9)10)1-2-8-5;1-2/h1-3H,(H,9,10);1-2H2. The van der Waals surface area contributed by atoms with Crippen molar-refractivity contribution in [1.29, 1.82) is 0 Å². The van der Waals surface area contributed by atoms with Gasteiger partial charge in [0.05, 0.1) is 5.56 Å². The zero-order valence-corrected chi connectivity index (χ0v) is 6.82. The van der Waals surface area contributed by atoms with Gasteiger partial charge in [0.25, 0.3) is 0 Å². The molecule has 0 aliphatic carbocycles. The van der Waals surface area contributed by atoms with E-state index in [0.29, 0.717) is 0 Å². The summed E-state index contributed by atoms with van der Waals surface area (Å²) in [7, 11) is 0. The Kier molecular flexibility index (Phi) is 4.94. The van der Waals surface area contributed by atoms with Crippen LogP contribution in [0.5, 0.6) is 0 Å². The van der Waals surface area contributed by atoms with E-state index in [1.54, 1.807) is 0 Å². The van der Waals surface area contributed by atoms with Crippen LogP contribution in [-0.2, 0) is 0 Å². The maximum absolute atomic E-state index is 10.3. The first-order chi connectivity index (χ1) is 5.70. The second-order valence-electron chi connectivity index (χ2n) is 1.67. The highest BCUT2D eigenvalue weighted by Gasteiger charge is 2.01. The summed E-state index contributed by atoms with van der Waals surface area (Å²) >= 11 is 5.41. The number of carbonyl (C=O) groups is 1. The van der Waals surface area contributed by atoms with Gasteiger partial charge >= 0.3 is 5.97 Å². The highest BCUT2D eigenvalue weighted by Crippen LogP contribution is 2.05. The number of halogens is 1. The molecule has 5 nitrogen and oxygen atoms in total. The number of nitrogens with two attached hydrogens (primary N) is 2. The number of pyridine rings is 1. The monoisotopic (exact) mass is 189 g/mol. The number of carboxylic acids is 1. The van der Waals surface area contributed by atoms with E-state index in [-0.39, 0.29) is 10.7 Å². The minimum atomic E-state index is -0.996.